The van der Waals surface area contributed by atoms with Crippen LogP contribution in [0.1, 0.15) is 16.7 Å². The number of imidazole rings is 1. The van der Waals surface area contributed by atoms with E-state index in [1.54, 1.807) is 18.5 Å². The Bertz CT molecular complexity index is 1230. The maximum Gasteiger partial charge on any atom is 0.231 e. The second kappa shape index (κ2) is 7.13. The summed E-state index contributed by atoms with van der Waals surface area (Å²) in [6, 6.07) is 13.1. The van der Waals surface area contributed by atoms with Gasteiger partial charge in [-0.3, -0.25) is 0 Å². The lowest BCUT2D eigenvalue weighted by molar-refractivity contribution is 0.929. The summed E-state index contributed by atoms with van der Waals surface area (Å²) in [5.41, 5.74) is 12.4. The van der Waals surface area contributed by atoms with Crippen LogP contribution in [-0.4, -0.2) is 19.5 Å². The fourth-order valence-corrected chi connectivity index (χ4v) is 3.22. The van der Waals surface area contributed by atoms with Gasteiger partial charge in [0, 0.05) is 24.1 Å². The number of aryl methyl sites for hydroxylation is 3. The van der Waals surface area contributed by atoms with Crippen LogP contribution in [0.15, 0.2) is 42.7 Å². The van der Waals surface area contributed by atoms with Crippen LogP contribution in [0.25, 0.3) is 11.2 Å². The highest BCUT2D eigenvalue weighted by atomic mass is 15.2. The first-order valence-corrected chi connectivity index (χ1v) is 9.04. The van der Waals surface area contributed by atoms with Crippen molar-refractivity contribution in [1.82, 2.24) is 19.5 Å². The molecular weight excluding hydrogens is 364 g/mol. The van der Waals surface area contributed by atoms with Gasteiger partial charge in [0.25, 0.3) is 0 Å². The van der Waals surface area contributed by atoms with Crippen molar-refractivity contribution in [3.05, 3.63) is 59.4 Å². The minimum absolute atomic E-state index is 0.430. The average Bonchev–Trinajstić information content (AvgIpc) is 3.06. The smallest absolute Gasteiger partial charge is 0.231 e. The molecule has 4 rings (SSSR count). The van der Waals surface area contributed by atoms with Gasteiger partial charge in [-0.2, -0.15) is 15.2 Å². The van der Waals surface area contributed by atoms with Crippen LogP contribution < -0.4 is 16.4 Å². The van der Waals surface area contributed by atoms with E-state index in [2.05, 4.69) is 31.7 Å². The molecule has 0 saturated carbocycles. The summed E-state index contributed by atoms with van der Waals surface area (Å²) in [7, 11) is 1.89. The molecule has 29 heavy (non-hydrogen) atoms. The van der Waals surface area contributed by atoms with Crippen molar-refractivity contribution in [2.75, 3.05) is 16.4 Å². The Kier molecular flexibility index (Phi) is 4.49. The molecule has 144 valence electrons. The molecule has 0 atom stereocenters. The number of nitriles is 1. The van der Waals surface area contributed by atoms with Crippen LogP contribution in [0.5, 0.6) is 0 Å². The first kappa shape index (κ1) is 18.3. The SMILES string of the molecule is Cc1cc(N)cc(C)c1Nc1nc(Nc2ccc(C#N)cc2)nc2c1ncn2C. The molecule has 4 aromatic rings. The van der Waals surface area contributed by atoms with E-state index in [1.807, 2.05) is 49.7 Å². The van der Waals surface area contributed by atoms with E-state index in [0.717, 1.165) is 28.2 Å². The van der Waals surface area contributed by atoms with Crippen LogP contribution in [0.2, 0.25) is 0 Å². The summed E-state index contributed by atoms with van der Waals surface area (Å²) in [5.74, 6) is 1.03. The predicted octanol–water partition coefficient (Wildman–Crippen LogP) is 3.92. The topological polar surface area (TPSA) is 117 Å². The molecule has 0 amide bonds. The van der Waals surface area contributed by atoms with E-state index >= 15 is 0 Å². The number of hydrogen-bond donors (Lipinski definition) is 3. The van der Waals surface area contributed by atoms with Crippen molar-refractivity contribution >= 4 is 40.0 Å². The lowest BCUT2D eigenvalue weighted by Crippen LogP contribution is -2.05. The Morgan fingerprint density at radius 1 is 1.03 bits per heavy atom. The van der Waals surface area contributed by atoms with Crippen molar-refractivity contribution in [3.8, 4) is 6.07 Å². The lowest BCUT2D eigenvalue weighted by Gasteiger charge is -2.14. The van der Waals surface area contributed by atoms with Crippen molar-refractivity contribution in [3.63, 3.8) is 0 Å². The number of nitrogens with two attached hydrogens (primary N) is 1. The van der Waals surface area contributed by atoms with Crippen LogP contribution >= 0.6 is 0 Å². The molecule has 0 aliphatic carbocycles. The first-order chi connectivity index (χ1) is 13.9. The van der Waals surface area contributed by atoms with Crippen molar-refractivity contribution in [2.24, 2.45) is 7.05 Å². The van der Waals surface area contributed by atoms with E-state index in [1.165, 1.54) is 0 Å². The molecule has 8 nitrogen and oxygen atoms in total. The maximum atomic E-state index is 8.96. The normalized spacial score (nSPS) is 10.7. The van der Waals surface area contributed by atoms with Gasteiger partial charge in [0.15, 0.2) is 17.0 Å². The third-order valence-corrected chi connectivity index (χ3v) is 4.63. The van der Waals surface area contributed by atoms with Gasteiger partial charge in [0.05, 0.1) is 18.0 Å². The highest BCUT2D eigenvalue weighted by Gasteiger charge is 2.14. The number of rotatable bonds is 4. The standard InChI is InChI=1S/C21H20N8/c1-12-8-15(23)9-13(2)17(12)26-19-18-20(29(3)11-24-18)28-21(27-19)25-16-6-4-14(10-22)5-7-16/h4-9,11H,23H2,1-3H3,(H2,25,26,27,28). The Morgan fingerprint density at radius 2 is 1.72 bits per heavy atom. The van der Waals surface area contributed by atoms with Gasteiger partial charge in [-0.15, -0.1) is 0 Å². The summed E-state index contributed by atoms with van der Waals surface area (Å²) < 4.78 is 1.84. The molecule has 2 aromatic heterocycles. The van der Waals surface area contributed by atoms with Crippen molar-refractivity contribution in [2.45, 2.75) is 13.8 Å². The number of benzene rings is 2. The first-order valence-electron chi connectivity index (χ1n) is 9.04. The van der Waals surface area contributed by atoms with Gasteiger partial charge in [0.2, 0.25) is 5.95 Å². The zero-order chi connectivity index (χ0) is 20.5. The number of hydrogen-bond acceptors (Lipinski definition) is 7. The van der Waals surface area contributed by atoms with E-state index in [9.17, 15) is 0 Å². The Hall–Kier alpha value is -4.12. The third-order valence-electron chi connectivity index (χ3n) is 4.63. The number of nitrogens with one attached hydrogen (secondary N) is 2. The highest BCUT2D eigenvalue weighted by molar-refractivity contribution is 5.88. The van der Waals surface area contributed by atoms with Gasteiger partial charge in [-0.05, 0) is 61.4 Å². The van der Waals surface area contributed by atoms with Gasteiger partial charge < -0.3 is 20.9 Å². The molecule has 0 bridgehead atoms. The Morgan fingerprint density at radius 3 is 2.38 bits per heavy atom. The molecular formula is C21H20N8. The fourth-order valence-electron chi connectivity index (χ4n) is 3.22. The van der Waals surface area contributed by atoms with Crippen LogP contribution in [-0.2, 0) is 7.05 Å². The number of fused-ring (bicyclic) bond motifs is 1. The van der Waals surface area contributed by atoms with Gasteiger partial charge >= 0.3 is 0 Å². The highest BCUT2D eigenvalue weighted by Crippen LogP contribution is 2.30. The van der Waals surface area contributed by atoms with Gasteiger partial charge in [-0.1, -0.05) is 0 Å². The summed E-state index contributed by atoms with van der Waals surface area (Å²) in [5, 5.41) is 15.6. The number of nitrogens with zero attached hydrogens (tertiary/aromatic N) is 5. The minimum Gasteiger partial charge on any atom is -0.399 e. The Labute approximate surface area is 168 Å². The third kappa shape index (κ3) is 3.53. The zero-order valence-electron chi connectivity index (χ0n) is 16.4. The van der Waals surface area contributed by atoms with E-state index in [-0.39, 0.29) is 0 Å². The molecule has 2 aromatic carbocycles. The molecule has 0 aliphatic rings. The molecule has 4 N–H and O–H groups in total. The van der Waals surface area contributed by atoms with Crippen LogP contribution in [0.3, 0.4) is 0 Å². The van der Waals surface area contributed by atoms with Crippen LogP contribution in [0.4, 0.5) is 28.8 Å². The molecule has 0 spiro atoms. The average molecular weight is 384 g/mol. The van der Waals surface area contributed by atoms with Gasteiger partial charge in [0.1, 0.15) is 0 Å². The molecule has 8 heteroatoms. The largest absolute Gasteiger partial charge is 0.399 e. The summed E-state index contributed by atoms with van der Waals surface area (Å²) in [4.78, 5) is 13.7. The minimum atomic E-state index is 0.430. The van der Waals surface area contributed by atoms with Crippen LogP contribution in [0, 0.1) is 25.2 Å². The molecule has 0 radical (unpaired) electrons. The predicted molar refractivity (Wildman–Crippen MR) is 114 cm³/mol. The second-order valence-electron chi connectivity index (χ2n) is 6.89. The van der Waals surface area contributed by atoms with Gasteiger partial charge in [-0.25, -0.2) is 4.98 Å². The van der Waals surface area contributed by atoms with E-state index in [4.69, 9.17) is 11.0 Å². The quantitative estimate of drug-likeness (QED) is 0.456. The number of aromatic nitrogens is 4. The fraction of sp³-hybridized carbons (Fsp3) is 0.143. The number of nitrogen functional groups attached to an aromatic ring is 1. The lowest BCUT2D eigenvalue weighted by atomic mass is 10.1. The Balaban J connectivity index is 1.76. The summed E-state index contributed by atoms with van der Waals surface area (Å²) in [6.45, 7) is 4.00. The second-order valence-corrected chi connectivity index (χ2v) is 6.89. The maximum absolute atomic E-state index is 8.96. The molecule has 0 saturated heterocycles. The van der Waals surface area contributed by atoms with Crippen molar-refractivity contribution < 1.29 is 0 Å². The van der Waals surface area contributed by atoms with E-state index < -0.39 is 0 Å². The summed E-state index contributed by atoms with van der Waals surface area (Å²) >= 11 is 0. The zero-order valence-corrected chi connectivity index (χ0v) is 16.4. The molecule has 2 heterocycles. The molecule has 0 unspecified atom stereocenters. The monoisotopic (exact) mass is 384 g/mol. The molecule has 0 fully saturated rings. The van der Waals surface area contributed by atoms with Crippen molar-refractivity contribution in [1.29, 1.82) is 5.26 Å². The summed E-state index contributed by atoms with van der Waals surface area (Å²) in [6.07, 6.45) is 1.71. The molecule has 0 aliphatic heterocycles. The van der Waals surface area contributed by atoms with E-state index in [0.29, 0.717) is 28.5 Å². The number of anilines is 5.